The van der Waals surface area contributed by atoms with Gasteiger partial charge in [0.05, 0.1) is 0 Å². The molecule has 2 N–H and O–H groups in total. The van der Waals surface area contributed by atoms with Crippen molar-refractivity contribution >= 4 is 0 Å². The molecular formula is C16H36N2. The van der Waals surface area contributed by atoms with Gasteiger partial charge in [-0.05, 0) is 36.1 Å². The third kappa shape index (κ3) is 9.90. The van der Waals surface area contributed by atoms with E-state index < -0.39 is 0 Å². The Hall–Kier alpha value is -0.0800. The molecule has 0 aromatic rings. The van der Waals surface area contributed by atoms with Crippen molar-refractivity contribution in [3.63, 3.8) is 0 Å². The smallest absolute Gasteiger partial charge is 0.00221 e. The maximum absolute atomic E-state index is 5.96. The van der Waals surface area contributed by atoms with Crippen LogP contribution in [0.3, 0.4) is 0 Å². The fraction of sp³-hybridized carbons (Fsp3) is 1.00. The van der Waals surface area contributed by atoms with E-state index in [-0.39, 0.29) is 0 Å². The van der Waals surface area contributed by atoms with Gasteiger partial charge in [0.25, 0.3) is 0 Å². The molecule has 0 rings (SSSR count). The Morgan fingerprint density at radius 1 is 0.889 bits per heavy atom. The molecule has 1 unspecified atom stereocenters. The van der Waals surface area contributed by atoms with Crippen molar-refractivity contribution in [3.8, 4) is 0 Å². The second-order valence-corrected chi connectivity index (χ2v) is 7.87. The first-order valence-corrected chi connectivity index (χ1v) is 7.56. The van der Waals surface area contributed by atoms with Crippen LogP contribution >= 0.6 is 0 Å². The summed E-state index contributed by atoms with van der Waals surface area (Å²) in [5, 5.41) is 0. The quantitative estimate of drug-likeness (QED) is 0.719. The number of nitrogens with zero attached hydrogens (tertiary/aromatic N) is 1. The van der Waals surface area contributed by atoms with E-state index in [1.165, 1.54) is 19.5 Å². The lowest BCUT2D eigenvalue weighted by Crippen LogP contribution is -2.38. The van der Waals surface area contributed by atoms with E-state index in [0.29, 0.717) is 11.3 Å². The van der Waals surface area contributed by atoms with Crippen LogP contribution in [0.1, 0.15) is 54.9 Å². The maximum Gasteiger partial charge on any atom is 0.00221 e. The first kappa shape index (κ1) is 17.9. The van der Waals surface area contributed by atoms with Crippen molar-refractivity contribution in [1.82, 2.24) is 4.90 Å². The second kappa shape index (κ2) is 8.16. The van der Waals surface area contributed by atoms with Gasteiger partial charge in [-0.25, -0.2) is 0 Å². The van der Waals surface area contributed by atoms with Gasteiger partial charge in [0.1, 0.15) is 0 Å². The van der Waals surface area contributed by atoms with E-state index in [1.807, 2.05) is 0 Å². The lowest BCUT2D eigenvalue weighted by molar-refractivity contribution is 0.165. The Labute approximate surface area is 115 Å². The lowest BCUT2D eigenvalue weighted by atomic mass is 9.84. The molecule has 0 aliphatic carbocycles. The molecule has 0 aromatic carbocycles. The highest BCUT2D eigenvalue weighted by Gasteiger charge is 2.21. The fourth-order valence-electron chi connectivity index (χ4n) is 2.71. The van der Waals surface area contributed by atoms with Crippen LogP contribution in [0.2, 0.25) is 0 Å². The SMILES string of the molecule is CC(C)CN(CC(C)C)CC(CN)CC(C)(C)C. The summed E-state index contributed by atoms with van der Waals surface area (Å²) >= 11 is 0. The zero-order chi connectivity index (χ0) is 14.3. The van der Waals surface area contributed by atoms with Gasteiger partial charge in [0.15, 0.2) is 0 Å². The minimum Gasteiger partial charge on any atom is -0.330 e. The third-order valence-electron chi connectivity index (χ3n) is 3.00. The van der Waals surface area contributed by atoms with Crippen LogP contribution in [0.4, 0.5) is 0 Å². The summed E-state index contributed by atoms with van der Waals surface area (Å²) in [6.07, 6.45) is 1.22. The van der Waals surface area contributed by atoms with Crippen molar-refractivity contribution < 1.29 is 0 Å². The molecule has 0 aliphatic heterocycles. The molecule has 0 amide bonds. The summed E-state index contributed by atoms with van der Waals surface area (Å²) < 4.78 is 0. The van der Waals surface area contributed by atoms with E-state index >= 15 is 0 Å². The highest BCUT2D eigenvalue weighted by Crippen LogP contribution is 2.24. The summed E-state index contributed by atoms with van der Waals surface area (Å²) in [5.41, 5.74) is 6.34. The molecule has 0 saturated carbocycles. The van der Waals surface area contributed by atoms with E-state index in [9.17, 15) is 0 Å². The molecule has 0 fully saturated rings. The Bertz CT molecular complexity index is 194. The van der Waals surface area contributed by atoms with Gasteiger partial charge in [-0.3, -0.25) is 0 Å². The van der Waals surface area contributed by atoms with E-state index in [2.05, 4.69) is 53.4 Å². The van der Waals surface area contributed by atoms with Gasteiger partial charge in [0, 0.05) is 19.6 Å². The molecule has 0 radical (unpaired) electrons. The minimum absolute atomic E-state index is 0.380. The topological polar surface area (TPSA) is 29.3 Å². The average Bonchev–Trinajstić information content (AvgIpc) is 2.12. The Balaban J connectivity index is 4.41. The van der Waals surface area contributed by atoms with Crippen LogP contribution in [-0.2, 0) is 0 Å². The third-order valence-corrected chi connectivity index (χ3v) is 3.00. The molecule has 0 heterocycles. The summed E-state index contributed by atoms with van der Waals surface area (Å²) in [5.74, 6) is 2.09. The number of rotatable bonds is 8. The molecule has 0 aromatic heterocycles. The highest BCUT2D eigenvalue weighted by atomic mass is 15.1. The maximum atomic E-state index is 5.96. The molecule has 18 heavy (non-hydrogen) atoms. The van der Waals surface area contributed by atoms with Crippen molar-refractivity contribution in [2.24, 2.45) is 28.9 Å². The molecule has 0 aliphatic rings. The molecule has 0 bridgehead atoms. The average molecular weight is 256 g/mol. The van der Waals surface area contributed by atoms with Gasteiger partial charge in [0.2, 0.25) is 0 Å². The van der Waals surface area contributed by atoms with Gasteiger partial charge in [-0.15, -0.1) is 0 Å². The van der Waals surface area contributed by atoms with Crippen LogP contribution in [0.5, 0.6) is 0 Å². The monoisotopic (exact) mass is 256 g/mol. The molecule has 0 spiro atoms. The van der Waals surface area contributed by atoms with Crippen molar-refractivity contribution in [1.29, 1.82) is 0 Å². The standard InChI is InChI=1S/C16H36N2/c1-13(2)10-18(11-14(3)4)12-15(9-17)8-16(5,6)7/h13-15H,8-12,17H2,1-7H3. The van der Waals surface area contributed by atoms with Crippen LogP contribution in [0.25, 0.3) is 0 Å². The van der Waals surface area contributed by atoms with Crippen LogP contribution in [0, 0.1) is 23.2 Å². The molecule has 2 nitrogen and oxygen atoms in total. The largest absolute Gasteiger partial charge is 0.330 e. The zero-order valence-corrected chi connectivity index (χ0v) is 13.8. The van der Waals surface area contributed by atoms with Gasteiger partial charge in [-0.1, -0.05) is 48.5 Å². The second-order valence-electron chi connectivity index (χ2n) is 7.87. The van der Waals surface area contributed by atoms with Crippen LogP contribution in [0.15, 0.2) is 0 Å². The van der Waals surface area contributed by atoms with Crippen molar-refractivity contribution in [2.45, 2.75) is 54.9 Å². The van der Waals surface area contributed by atoms with E-state index in [0.717, 1.165) is 24.9 Å². The van der Waals surface area contributed by atoms with E-state index in [4.69, 9.17) is 5.73 Å². The first-order chi connectivity index (χ1) is 8.14. The van der Waals surface area contributed by atoms with Crippen LogP contribution in [-0.4, -0.2) is 31.1 Å². The number of hydrogen-bond acceptors (Lipinski definition) is 2. The van der Waals surface area contributed by atoms with Gasteiger partial charge >= 0.3 is 0 Å². The minimum atomic E-state index is 0.380. The van der Waals surface area contributed by atoms with Crippen molar-refractivity contribution in [3.05, 3.63) is 0 Å². The summed E-state index contributed by atoms with van der Waals surface area (Å²) in [7, 11) is 0. The molecule has 0 saturated heterocycles. The zero-order valence-electron chi connectivity index (χ0n) is 13.8. The Morgan fingerprint density at radius 2 is 1.33 bits per heavy atom. The summed E-state index contributed by atoms with van der Waals surface area (Å²) in [6, 6.07) is 0. The molecular weight excluding hydrogens is 220 g/mol. The predicted octanol–water partition coefficient (Wildman–Crippen LogP) is 3.61. The number of hydrogen-bond donors (Lipinski definition) is 1. The normalized spacial score (nSPS) is 14.8. The van der Waals surface area contributed by atoms with E-state index in [1.54, 1.807) is 0 Å². The lowest BCUT2D eigenvalue weighted by Gasteiger charge is -2.32. The molecule has 110 valence electrons. The fourth-order valence-corrected chi connectivity index (χ4v) is 2.71. The van der Waals surface area contributed by atoms with Gasteiger partial charge in [-0.2, -0.15) is 0 Å². The molecule has 2 heteroatoms. The Morgan fingerprint density at radius 3 is 1.61 bits per heavy atom. The van der Waals surface area contributed by atoms with Crippen molar-refractivity contribution in [2.75, 3.05) is 26.2 Å². The summed E-state index contributed by atoms with van der Waals surface area (Å²) in [6.45, 7) is 20.5. The number of nitrogens with two attached hydrogens (primary N) is 1. The van der Waals surface area contributed by atoms with Crippen LogP contribution < -0.4 is 5.73 Å². The Kier molecular flexibility index (Phi) is 8.13. The summed E-state index contributed by atoms with van der Waals surface area (Å²) in [4.78, 5) is 2.61. The molecule has 1 atom stereocenters. The highest BCUT2D eigenvalue weighted by molar-refractivity contribution is 4.74. The van der Waals surface area contributed by atoms with Gasteiger partial charge < -0.3 is 10.6 Å². The first-order valence-electron chi connectivity index (χ1n) is 7.56. The predicted molar refractivity (Wildman–Crippen MR) is 82.7 cm³/mol.